The third-order valence-corrected chi connectivity index (χ3v) is 4.61. The summed E-state index contributed by atoms with van der Waals surface area (Å²) in [5.41, 5.74) is 7.88. The molecule has 0 saturated heterocycles. The maximum absolute atomic E-state index is 11.4. The Bertz CT molecular complexity index is 625. The van der Waals surface area contributed by atoms with Crippen LogP contribution in [0.5, 0.6) is 0 Å². The maximum Gasteiger partial charge on any atom is 0.303 e. The normalized spacial score (nSPS) is 20.0. The topological polar surface area (TPSA) is 52.6 Å². The highest BCUT2D eigenvalue weighted by molar-refractivity contribution is 6.84. The lowest BCUT2D eigenvalue weighted by molar-refractivity contribution is -0.162. The van der Waals surface area contributed by atoms with Crippen LogP contribution in [0.2, 0.25) is 39.3 Å². The number of carbonyl (C=O) groups is 2. The zero-order valence-electron chi connectivity index (χ0n) is 15.8. The minimum absolute atomic E-state index is 0.429. The van der Waals surface area contributed by atoms with E-state index in [1.807, 2.05) is 0 Å². The first-order valence-electron chi connectivity index (χ1n) is 7.95. The van der Waals surface area contributed by atoms with Gasteiger partial charge in [0.05, 0.1) is 11.1 Å². The first-order valence-corrected chi connectivity index (χ1v) is 14.9. The van der Waals surface area contributed by atoms with Crippen molar-refractivity contribution in [2.75, 3.05) is 0 Å². The van der Waals surface area contributed by atoms with Crippen LogP contribution in [-0.2, 0) is 19.1 Å². The maximum atomic E-state index is 11.4. The molecule has 0 unspecified atom stereocenters. The zero-order valence-corrected chi connectivity index (χ0v) is 17.8. The van der Waals surface area contributed by atoms with Gasteiger partial charge >= 0.3 is 11.9 Å². The first-order chi connectivity index (χ1) is 10.8. The highest BCUT2D eigenvalue weighted by Gasteiger charge is 2.44. The Labute approximate surface area is 147 Å². The highest BCUT2D eigenvalue weighted by Crippen LogP contribution is 2.34. The predicted octanol–water partition coefficient (Wildman–Crippen LogP) is 2.92. The average Bonchev–Trinajstić information content (AvgIpc) is 2.35. The van der Waals surface area contributed by atoms with Crippen molar-refractivity contribution in [3.63, 3.8) is 0 Å². The lowest BCUT2D eigenvalue weighted by atomic mass is 9.82. The summed E-state index contributed by atoms with van der Waals surface area (Å²) in [6.45, 7) is 15.5. The fourth-order valence-corrected chi connectivity index (χ4v) is 2.92. The Morgan fingerprint density at radius 2 is 1.04 bits per heavy atom. The van der Waals surface area contributed by atoms with Crippen LogP contribution in [0, 0.1) is 22.9 Å². The Hall–Kier alpha value is -1.77. The highest BCUT2D eigenvalue weighted by atomic mass is 28.3. The van der Waals surface area contributed by atoms with Crippen molar-refractivity contribution in [2.45, 2.75) is 65.3 Å². The second-order valence-electron chi connectivity index (χ2n) is 7.89. The molecule has 0 aromatic heterocycles. The summed E-state index contributed by atoms with van der Waals surface area (Å²) >= 11 is 0. The lowest BCUT2D eigenvalue weighted by Crippen LogP contribution is -2.46. The van der Waals surface area contributed by atoms with Crippen LogP contribution in [-0.4, -0.2) is 40.3 Å². The molecule has 0 bridgehead atoms. The minimum atomic E-state index is -1.60. The van der Waals surface area contributed by atoms with Gasteiger partial charge < -0.3 is 9.47 Å². The molecule has 1 aliphatic carbocycles. The molecule has 0 spiro atoms. The van der Waals surface area contributed by atoms with Crippen molar-refractivity contribution in [3.8, 4) is 22.9 Å². The molecule has 0 aliphatic heterocycles. The summed E-state index contributed by atoms with van der Waals surface area (Å²) in [5, 5.41) is 0. The molecule has 1 aliphatic rings. The van der Waals surface area contributed by atoms with Crippen LogP contribution in [0.15, 0.2) is 11.1 Å². The molecule has 0 N–H and O–H groups in total. The van der Waals surface area contributed by atoms with Crippen molar-refractivity contribution < 1.29 is 19.1 Å². The number of esters is 2. The Morgan fingerprint density at radius 3 is 1.25 bits per heavy atom. The van der Waals surface area contributed by atoms with Crippen LogP contribution in [0.1, 0.15) is 13.8 Å². The summed E-state index contributed by atoms with van der Waals surface area (Å²) < 4.78 is 10.6. The van der Waals surface area contributed by atoms with E-state index in [0.29, 0.717) is 11.1 Å². The van der Waals surface area contributed by atoms with Gasteiger partial charge in [-0.3, -0.25) is 9.59 Å². The number of hydrogen-bond acceptors (Lipinski definition) is 4. The largest absolute Gasteiger partial charge is 0.453 e. The van der Waals surface area contributed by atoms with Gasteiger partial charge in [-0.2, -0.15) is 0 Å². The molecule has 130 valence electrons. The van der Waals surface area contributed by atoms with E-state index in [0.717, 1.165) is 0 Å². The lowest BCUT2D eigenvalue weighted by Gasteiger charge is -2.35. The van der Waals surface area contributed by atoms with Gasteiger partial charge in [0.15, 0.2) is 12.2 Å². The van der Waals surface area contributed by atoms with E-state index in [1.54, 1.807) is 0 Å². The molecule has 0 heterocycles. The molecule has 0 radical (unpaired) electrons. The first kappa shape index (κ1) is 20.3. The van der Waals surface area contributed by atoms with E-state index in [4.69, 9.17) is 9.47 Å². The third-order valence-electron chi connectivity index (χ3n) is 2.86. The van der Waals surface area contributed by atoms with E-state index in [-0.39, 0.29) is 0 Å². The Balaban J connectivity index is 3.36. The van der Waals surface area contributed by atoms with Gasteiger partial charge in [-0.15, -0.1) is 11.1 Å². The van der Waals surface area contributed by atoms with Crippen LogP contribution >= 0.6 is 0 Å². The Morgan fingerprint density at radius 1 is 0.750 bits per heavy atom. The van der Waals surface area contributed by atoms with Crippen molar-refractivity contribution in [1.82, 2.24) is 0 Å². The monoisotopic (exact) mass is 362 g/mol. The molecule has 0 aromatic rings. The molecular weight excluding hydrogens is 336 g/mol. The fourth-order valence-electron chi connectivity index (χ4n) is 1.90. The van der Waals surface area contributed by atoms with Crippen molar-refractivity contribution in [3.05, 3.63) is 11.1 Å². The third kappa shape index (κ3) is 6.39. The van der Waals surface area contributed by atoms with E-state index >= 15 is 0 Å². The molecule has 6 heteroatoms. The summed E-state index contributed by atoms with van der Waals surface area (Å²) in [6.07, 6.45) is -1.30. The molecular formula is C18H26O4Si2. The van der Waals surface area contributed by atoms with Gasteiger partial charge in [-0.05, 0) is 0 Å². The number of ether oxygens (including phenoxy) is 2. The van der Waals surface area contributed by atoms with E-state index in [1.165, 1.54) is 13.8 Å². The number of hydrogen-bond donors (Lipinski definition) is 0. The van der Waals surface area contributed by atoms with Crippen LogP contribution in [0.25, 0.3) is 0 Å². The summed E-state index contributed by atoms with van der Waals surface area (Å²) in [7, 11) is -3.20. The van der Waals surface area contributed by atoms with Crippen molar-refractivity contribution in [1.29, 1.82) is 0 Å². The van der Waals surface area contributed by atoms with Crippen LogP contribution in [0.4, 0.5) is 0 Å². The molecule has 2 atom stereocenters. The quantitative estimate of drug-likeness (QED) is 0.430. The average molecular weight is 363 g/mol. The second-order valence-corrected chi connectivity index (χ2v) is 17.4. The van der Waals surface area contributed by atoms with Gasteiger partial charge in [-0.25, -0.2) is 0 Å². The van der Waals surface area contributed by atoms with Gasteiger partial charge in [-0.1, -0.05) is 51.1 Å². The van der Waals surface area contributed by atoms with E-state index in [9.17, 15) is 9.59 Å². The van der Waals surface area contributed by atoms with Gasteiger partial charge in [0.25, 0.3) is 0 Å². The summed E-state index contributed by atoms with van der Waals surface area (Å²) in [6, 6.07) is 0. The fraction of sp³-hybridized carbons (Fsp3) is 0.556. The van der Waals surface area contributed by atoms with E-state index < -0.39 is 40.3 Å². The van der Waals surface area contributed by atoms with Gasteiger partial charge in [0, 0.05) is 13.8 Å². The van der Waals surface area contributed by atoms with Crippen LogP contribution in [0.3, 0.4) is 0 Å². The van der Waals surface area contributed by atoms with Crippen molar-refractivity contribution in [2.24, 2.45) is 0 Å². The van der Waals surface area contributed by atoms with Gasteiger partial charge in [0.1, 0.15) is 16.1 Å². The molecule has 1 rings (SSSR count). The number of carbonyl (C=O) groups excluding carboxylic acids is 2. The molecule has 4 nitrogen and oxygen atoms in total. The molecule has 0 saturated carbocycles. The molecule has 0 amide bonds. The zero-order chi connectivity index (χ0) is 18.7. The van der Waals surface area contributed by atoms with Crippen molar-refractivity contribution >= 4 is 28.1 Å². The summed E-state index contributed by atoms with van der Waals surface area (Å²) in [5.74, 6) is 5.42. The molecule has 0 aromatic carbocycles. The molecule has 24 heavy (non-hydrogen) atoms. The predicted molar refractivity (Wildman–Crippen MR) is 100 cm³/mol. The summed E-state index contributed by atoms with van der Waals surface area (Å²) in [4.78, 5) is 22.8. The second kappa shape index (κ2) is 7.42. The van der Waals surface area contributed by atoms with Crippen LogP contribution < -0.4 is 0 Å². The smallest absolute Gasteiger partial charge is 0.303 e. The molecule has 0 fully saturated rings. The van der Waals surface area contributed by atoms with E-state index in [2.05, 4.69) is 62.2 Å². The minimum Gasteiger partial charge on any atom is -0.453 e. The Kier molecular flexibility index (Phi) is 6.27. The number of rotatable bonds is 2. The SMILES string of the molecule is CC(=O)O[C@@H]1C(C#C[Si](C)(C)C)=C(C#C[Si](C)(C)C)[C@@H]1OC(C)=O. The van der Waals surface area contributed by atoms with Gasteiger partial charge in [0.2, 0.25) is 0 Å². The standard InChI is InChI=1S/C18H26O4Si2/c1-13(19)21-17-15(9-11-23(3,4)5)16(10-12-24(6,7)8)18(17)22-14(2)20/h17-18H,1-8H3/t17-,18+.